The van der Waals surface area contributed by atoms with Crippen LogP contribution in [0, 0.1) is 5.82 Å². The van der Waals surface area contributed by atoms with Crippen LogP contribution >= 0.6 is 11.3 Å². The maximum absolute atomic E-state index is 13.7. The van der Waals surface area contributed by atoms with E-state index in [1.165, 1.54) is 19.2 Å². The zero-order valence-corrected chi connectivity index (χ0v) is 12.5. The number of anilines is 1. The molecule has 2 aromatic rings. The summed E-state index contributed by atoms with van der Waals surface area (Å²) >= 11 is 1.56. The molecule has 2 rings (SSSR count). The van der Waals surface area contributed by atoms with Crippen LogP contribution in [0.15, 0.2) is 40.6 Å². The standard InChI is InChI=1S/C13H15FN2O2S2/c1-16(7-6-11-3-2-8-19-11)20(17,18)13-5-4-10(15)9-12(13)14/h2-5,8-9H,6-7,15H2,1H3. The molecule has 0 bridgehead atoms. The summed E-state index contributed by atoms with van der Waals surface area (Å²) in [5.41, 5.74) is 5.62. The van der Waals surface area contributed by atoms with Crippen LogP contribution < -0.4 is 5.73 Å². The minimum atomic E-state index is -3.83. The summed E-state index contributed by atoms with van der Waals surface area (Å²) in [6, 6.07) is 7.44. The van der Waals surface area contributed by atoms with Gasteiger partial charge < -0.3 is 5.73 Å². The first-order chi connectivity index (χ1) is 9.41. The number of nitrogens with two attached hydrogens (primary N) is 1. The quantitative estimate of drug-likeness (QED) is 0.862. The highest BCUT2D eigenvalue weighted by molar-refractivity contribution is 7.89. The fourth-order valence-corrected chi connectivity index (χ4v) is 3.65. The summed E-state index contributed by atoms with van der Waals surface area (Å²) in [7, 11) is -2.39. The first kappa shape index (κ1) is 15.0. The van der Waals surface area contributed by atoms with Crippen molar-refractivity contribution in [1.29, 1.82) is 0 Å². The van der Waals surface area contributed by atoms with Gasteiger partial charge >= 0.3 is 0 Å². The normalized spacial score (nSPS) is 11.9. The Balaban J connectivity index is 2.16. The average molecular weight is 314 g/mol. The Labute approximate surface area is 121 Å². The fourth-order valence-electron chi connectivity index (χ4n) is 1.74. The van der Waals surface area contributed by atoms with Gasteiger partial charge in [0.1, 0.15) is 10.7 Å². The predicted octanol–water partition coefficient (Wildman–Crippen LogP) is 2.33. The van der Waals surface area contributed by atoms with E-state index in [9.17, 15) is 12.8 Å². The SMILES string of the molecule is CN(CCc1cccs1)S(=O)(=O)c1ccc(N)cc1F. The number of sulfonamides is 1. The Morgan fingerprint density at radius 2 is 2.10 bits per heavy atom. The minimum absolute atomic E-state index is 0.197. The largest absolute Gasteiger partial charge is 0.399 e. The molecule has 0 fully saturated rings. The Kier molecular flexibility index (Phi) is 4.42. The number of thiophene rings is 1. The van der Waals surface area contributed by atoms with Gasteiger partial charge in [-0.3, -0.25) is 0 Å². The van der Waals surface area contributed by atoms with Crippen LogP contribution in [0.2, 0.25) is 0 Å². The second-order valence-corrected chi connectivity index (χ2v) is 7.39. The summed E-state index contributed by atoms with van der Waals surface area (Å²) in [5, 5.41) is 1.93. The monoisotopic (exact) mass is 314 g/mol. The second kappa shape index (κ2) is 5.90. The van der Waals surface area contributed by atoms with Gasteiger partial charge in [-0.25, -0.2) is 17.1 Å². The van der Waals surface area contributed by atoms with E-state index in [0.717, 1.165) is 15.2 Å². The Hall–Kier alpha value is -1.44. The van der Waals surface area contributed by atoms with Crippen LogP contribution in [0.1, 0.15) is 4.88 Å². The minimum Gasteiger partial charge on any atom is -0.399 e. The molecule has 4 nitrogen and oxygen atoms in total. The number of rotatable bonds is 5. The maximum Gasteiger partial charge on any atom is 0.245 e. The molecule has 0 amide bonds. The molecule has 20 heavy (non-hydrogen) atoms. The molecular weight excluding hydrogens is 299 g/mol. The van der Waals surface area contributed by atoms with E-state index in [0.29, 0.717) is 13.0 Å². The molecule has 0 spiro atoms. The van der Waals surface area contributed by atoms with Gasteiger partial charge in [-0.1, -0.05) is 6.07 Å². The molecular formula is C13H15FN2O2S2. The lowest BCUT2D eigenvalue weighted by Gasteiger charge is -2.17. The van der Waals surface area contributed by atoms with E-state index in [4.69, 9.17) is 5.73 Å². The molecule has 0 saturated carbocycles. The molecule has 1 aromatic heterocycles. The number of nitrogen functional groups attached to an aromatic ring is 1. The van der Waals surface area contributed by atoms with Gasteiger partial charge in [0.05, 0.1) is 0 Å². The number of hydrogen-bond donors (Lipinski definition) is 1. The third-order valence-electron chi connectivity index (χ3n) is 2.90. The lowest BCUT2D eigenvalue weighted by molar-refractivity contribution is 0.466. The summed E-state index contributed by atoms with van der Waals surface area (Å²) in [5.74, 6) is -0.826. The zero-order valence-electron chi connectivity index (χ0n) is 10.9. The van der Waals surface area contributed by atoms with Gasteiger partial charge in [-0.2, -0.15) is 0 Å². The van der Waals surface area contributed by atoms with Crippen molar-refractivity contribution >= 4 is 27.0 Å². The Bertz CT molecular complexity index is 684. The lowest BCUT2D eigenvalue weighted by atomic mass is 10.3. The van der Waals surface area contributed by atoms with Gasteiger partial charge in [0.25, 0.3) is 0 Å². The van der Waals surface area contributed by atoms with Gasteiger partial charge in [-0.05, 0) is 36.1 Å². The third kappa shape index (κ3) is 3.17. The van der Waals surface area contributed by atoms with E-state index < -0.39 is 15.8 Å². The summed E-state index contributed by atoms with van der Waals surface area (Å²) in [6.45, 7) is 0.298. The summed E-state index contributed by atoms with van der Waals surface area (Å²) < 4.78 is 39.4. The van der Waals surface area contributed by atoms with Crippen LogP contribution in [-0.4, -0.2) is 26.3 Å². The number of benzene rings is 1. The second-order valence-electron chi connectivity index (χ2n) is 4.35. The summed E-state index contributed by atoms with van der Waals surface area (Å²) in [6.07, 6.45) is 0.601. The molecule has 0 radical (unpaired) electrons. The van der Waals surface area contributed by atoms with E-state index in [2.05, 4.69) is 0 Å². The van der Waals surface area contributed by atoms with Crippen LogP contribution in [0.5, 0.6) is 0 Å². The lowest BCUT2D eigenvalue weighted by Crippen LogP contribution is -2.29. The third-order valence-corrected chi connectivity index (χ3v) is 5.72. The number of hydrogen-bond acceptors (Lipinski definition) is 4. The first-order valence-corrected chi connectivity index (χ1v) is 8.27. The van der Waals surface area contributed by atoms with Gasteiger partial charge in [0.15, 0.2) is 0 Å². The molecule has 1 aromatic carbocycles. The predicted molar refractivity (Wildman–Crippen MR) is 78.7 cm³/mol. The van der Waals surface area contributed by atoms with Crippen molar-refractivity contribution in [2.75, 3.05) is 19.3 Å². The topological polar surface area (TPSA) is 63.4 Å². The van der Waals surface area contributed by atoms with E-state index >= 15 is 0 Å². The van der Waals surface area contributed by atoms with Crippen LogP contribution in [0.4, 0.5) is 10.1 Å². The van der Waals surface area contributed by atoms with Gasteiger partial charge in [0.2, 0.25) is 10.0 Å². The molecule has 0 aliphatic rings. The highest BCUT2D eigenvalue weighted by Gasteiger charge is 2.24. The van der Waals surface area contributed by atoms with Crippen molar-refractivity contribution in [1.82, 2.24) is 4.31 Å². The zero-order chi connectivity index (χ0) is 14.8. The van der Waals surface area contributed by atoms with Crippen molar-refractivity contribution in [2.45, 2.75) is 11.3 Å². The van der Waals surface area contributed by atoms with E-state index in [-0.39, 0.29) is 10.6 Å². The van der Waals surface area contributed by atoms with Crippen LogP contribution in [0.25, 0.3) is 0 Å². The van der Waals surface area contributed by atoms with Crippen molar-refractivity contribution in [3.8, 4) is 0 Å². The van der Waals surface area contributed by atoms with Gasteiger partial charge in [0, 0.05) is 24.2 Å². The van der Waals surface area contributed by atoms with E-state index in [1.807, 2.05) is 17.5 Å². The Morgan fingerprint density at radius 1 is 1.35 bits per heavy atom. The molecule has 0 aliphatic carbocycles. The fraction of sp³-hybridized carbons (Fsp3) is 0.231. The highest BCUT2D eigenvalue weighted by Crippen LogP contribution is 2.21. The molecule has 0 unspecified atom stereocenters. The van der Waals surface area contributed by atoms with Crippen molar-refractivity contribution < 1.29 is 12.8 Å². The smallest absolute Gasteiger partial charge is 0.245 e. The first-order valence-electron chi connectivity index (χ1n) is 5.95. The molecule has 2 N–H and O–H groups in total. The van der Waals surface area contributed by atoms with Crippen LogP contribution in [0.3, 0.4) is 0 Å². The number of nitrogens with zero attached hydrogens (tertiary/aromatic N) is 1. The van der Waals surface area contributed by atoms with E-state index in [1.54, 1.807) is 11.3 Å². The molecule has 7 heteroatoms. The molecule has 0 aliphatic heterocycles. The average Bonchev–Trinajstić information content (AvgIpc) is 2.88. The van der Waals surface area contributed by atoms with Gasteiger partial charge in [-0.15, -0.1) is 11.3 Å². The highest BCUT2D eigenvalue weighted by atomic mass is 32.2. The molecule has 1 heterocycles. The molecule has 0 saturated heterocycles. The summed E-state index contributed by atoms with van der Waals surface area (Å²) in [4.78, 5) is 0.741. The number of halogens is 1. The van der Waals surface area contributed by atoms with Crippen molar-refractivity contribution in [3.63, 3.8) is 0 Å². The molecule has 0 atom stereocenters. The Morgan fingerprint density at radius 3 is 2.70 bits per heavy atom. The number of likely N-dealkylation sites (N-methyl/N-ethyl adjacent to an activating group) is 1. The van der Waals surface area contributed by atoms with Crippen LogP contribution in [-0.2, 0) is 16.4 Å². The maximum atomic E-state index is 13.7. The van der Waals surface area contributed by atoms with Crippen molar-refractivity contribution in [3.05, 3.63) is 46.4 Å². The molecule has 108 valence electrons. The van der Waals surface area contributed by atoms with Crippen molar-refractivity contribution in [2.24, 2.45) is 0 Å².